The Bertz CT molecular complexity index is 1140. The predicted molar refractivity (Wildman–Crippen MR) is 113 cm³/mol. The van der Waals surface area contributed by atoms with Gasteiger partial charge in [-0.15, -0.1) is 0 Å². The molecule has 0 bridgehead atoms. The van der Waals surface area contributed by atoms with Crippen LogP contribution >= 0.6 is 0 Å². The zero-order valence-electron chi connectivity index (χ0n) is 17.0. The summed E-state index contributed by atoms with van der Waals surface area (Å²) in [5, 5.41) is 15.0. The summed E-state index contributed by atoms with van der Waals surface area (Å²) in [6, 6.07) is 15.6. The number of ketones is 1. The van der Waals surface area contributed by atoms with E-state index in [0.29, 0.717) is 16.9 Å². The molecule has 0 spiro atoms. The van der Waals surface area contributed by atoms with Crippen LogP contribution in [0.15, 0.2) is 64.7 Å². The molecule has 3 aromatic rings. The van der Waals surface area contributed by atoms with Gasteiger partial charge < -0.3 is 9.63 Å². The second-order valence-electron chi connectivity index (χ2n) is 7.43. The van der Waals surface area contributed by atoms with Gasteiger partial charge in [0.1, 0.15) is 11.5 Å². The number of hydrogen-bond acceptors (Lipinski definition) is 5. The summed E-state index contributed by atoms with van der Waals surface area (Å²) in [7, 11) is 0. The molecular formula is C24H22N2O4. The molecule has 2 aromatic carbocycles. The third-order valence-corrected chi connectivity index (χ3v) is 5.34. The maximum absolute atomic E-state index is 13.0. The molecule has 6 heteroatoms. The van der Waals surface area contributed by atoms with Crippen molar-refractivity contribution < 1.29 is 19.2 Å². The van der Waals surface area contributed by atoms with Crippen molar-refractivity contribution in [2.24, 2.45) is 0 Å². The molecule has 1 aliphatic rings. The second-order valence-corrected chi connectivity index (χ2v) is 7.43. The minimum atomic E-state index is -0.804. The molecule has 1 aromatic heterocycles. The smallest absolute Gasteiger partial charge is 0.301 e. The number of hydrogen-bond donors (Lipinski definition) is 1. The first kappa shape index (κ1) is 19.6. The van der Waals surface area contributed by atoms with E-state index in [2.05, 4.69) is 12.1 Å². The van der Waals surface area contributed by atoms with E-state index in [9.17, 15) is 14.7 Å². The SMILES string of the molecule is CCc1ccc([C@H]2/C(=C(\O)c3ccc(C)cc3)C(=O)C(=O)N2c2cc(C)on2)cc1. The van der Waals surface area contributed by atoms with Gasteiger partial charge in [0, 0.05) is 11.6 Å². The van der Waals surface area contributed by atoms with Gasteiger partial charge in [-0.1, -0.05) is 66.2 Å². The number of carbonyl (C=O) groups excluding carboxylic acids is 2. The van der Waals surface area contributed by atoms with E-state index in [1.165, 1.54) is 4.90 Å². The van der Waals surface area contributed by atoms with E-state index in [4.69, 9.17) is 4.52 Å². The molecule has 0 aliphatic carbocycles. The first-order valence-electron chi connectivity index (χ1n) is 9.81. The second kappa shape index (κ2) is 7.63. The zero-order chi connectivity index (χ0) is 21.4. The van der Waals surface area contributed by atoms with Crippen LogP contribution in [0.4, 0.5) is 5.82 Å². The molecule has 0 unspecified atom stereocenters. The van der Waals surface area contributed by atoms with Crippen molar-refractivity contribution in [3.63, 3.8) is 0 Å². The Labute approximate surface area is 174 Å². The van der Waals surface area contributed by atoms with Crippen molar-refractivity contribution >= 4 is 23.3 Å². The third-order valence-electron chi connectivity index (χ3n) is 5.34. The Hall–Kier alpha value is -3.67. The highest BCUT2D eigenvalue weighted by molar-refractivity contribution is 6.51. The molecule has 6 nitrogen and oxygen atoms in total. The first-order chi connectivity index (χ1) is 14.4. The number of amides is 1. The lowest BCUT2D eigenvalue weighted by Crippen LogP contribution is -2.29. The summed E-state index contributed by atoms with van der Waals surface area (Å²) < 4.78 is 5.14. The van der Waals surface area contributed by atoms with Crippen molar-refractivity contribution in [1.82, 2.24) is 5.16 Å². The van der Waals surface area contributed by atoms with E-state index in [-0.39, 0.29) is 17.2 Å². The van der Waals surface area contributed by atoms with E-state index < -0.39 is 17.7 Å². The summed E-state index contributed by atoms with van der Waals surface area (Å²) in [5.74, 6) is -0.951. The van der Waals surface area contributed by atoms with Gasteiger partial charge in [0.15, 0.2) is 5.82 Å². The van der Waals surface area contributed by atoms with Crippen LogP contribution < -0.4 is 4.90 Å². The van der Waals surface area contributed by atoms with Gasteiger partial charge in [-0.3, -0.25) is 14.5 Å². The molecule has 4 rings (SSSR count). The van der Waals surface area contributed by atoms with Gasteiger partial charge >= 0.3 is 5.91 Å². The van der Waals surface area contributed by atoms with Crippen LogP contribution in [0.1, 0.15) is 41.0 Å². The van der Waals surface area contributed by atoms with Crippen LogP contribution in [0.2, 0.25) is 0 Å². The zero-order valence-corrected chi connectivity index (χ0v) is 17.0. The molecular weight excluding hydrogens is 380 g/mol. The molecule has 152 valence electrons. The van der Waals surface area contributed by atoms with Crippen molar-refractivity contribution in [1.29, 1.82) is 0 Å². The molecule has 0 radical (unpaired) electrons. The number of anilines is 1. The number of aromatic nitrogens is 1. The third kappa shape index (κ3) is 3.30. The van der Waals surface area contributed by atoms with Gasteiger partial charge in [0.05, 0.1) is 11.6 Å². The minimum Gasteiger partial charge on any atom is -0.507 e. The monoisotopic (exact) mass is 402 g/mol. The predicted octanol–water partition coefficient (Wildman–Crippen LogP) is 4.48. The Morgan fingerprint density at radius 2 is 1.73 bits per heavy atom. The molecule has 1 aliphatic heterocycles. The Kier molecular flexibility index (Phi) is 4.99. The Balaban J connectivity index is 1.92. The van der Waals surface area contributed by atoms with Crippen LogP contribution in [0.3, 0.4) is 0 Å². The fourth-order valence-corrected chi connectivity index (χ4v) is 3.65. The van der Waals surface area contributed by atoms with E-state index in [0.717, 1.165) is 17.5 Å². The summed E-state index contributed by atoms with van der Waals surface area (Å²) in [6.07, 6.45) is 0.867. The molecule has 1 saturated heterocycles. The van der Waals surface area contributed by atoms with Crippen molar-refractivity contribution in [2.45, 2.75) is 33.2 Å². The standard InChI is InChI=1S/C24H22N2O4/c1-4-16-7-11-17(12-8-16)21-20(22(27)18-9-5-14(2)6-10-18)23(28)24(29)26(21)19-13-15(3)30-25-19/h5-13,21,27H,4H2,1-3H3/b22-20+/t21-/m0/s1. The van der Waals surface area contributed by atoms with Crippen LogP contribution in [-0.2, 0) is 16.0 Å². The normalized spacial score (nSPS) is 18.2. The molecule has 2 heterocycles. The van der Waals surface area contributed by atoms with Crippen molar-refractivity contribution in [2.75, 3.05) is 4.90 Å². The fraction of sp³-hybridized carbons (Fsp3) is 0.208. The van der Waals surface area contributed by atoms with E-state index >= 15 is 0 Å². The fourth-order valence-electron chi connectivity index (χ4n) is 3.65. The van der Waals surface area contributed by atoms with Crippen LogP contribution in [0, 0.1) is 13.8 Å². The highest BCUT2D eigenvalue weighted by Crippen LogP contribution is 2.41. The summed E-state index contributed by atoms with van der Waals surface area (Å²) in [5.41, 5.74) is 3.38. The van der Waals surface area contributed by atoms with Crippen molar-refractivity contribution in [3.05, 3.63) is 88.2 Å². The van der Waals surface area contributed by atoms with Gasteiger partial charge in [-0.05, 0) is 31.4 Å². The number of aliphatic hydroxyl groups excluding tert-OH is 1. The van der Waals surface area contributed by atoms with Crippen LogP contribution in [0.25, 0.3) is 5.76 Å². The van der Waals surface area contributed by atoms with Crippen molar-refractivity contribution in [3.8, 4) is 0 Å². The largest absolute Gasteiger partial charge is 0.507 e. The summed E-state index contributed by atoms with van der Waals surface area (Å²) >= 11 is 0. The maximum Gasteiger partial charge on any atom is 0.301 e. The van der Waals surface area contributed by atoms with Crippen LogP contribution in [-0.4, -0.2) is 22.0 Å². The lowest BCUT2D eigenvalue weighted by atomic mass is 9.94. The number of benzene rings is 2. The summed E-state index contributed by atoms with van der Waals surface area (Å²) in [4.78, 5) is 27.3. The number of Topliss-reactive ketones (excluding diaryl/α,β-unsaturated/α-hetero) is 1. The number of aryl methyl sites for hydroxylation is 3. The number of rotatable bonds is 4. The Morgan fingerprint density at radius 3 is 2.30 bits per heavy atom. The molecule has 0 saturated carbocycles. The Morgan fingerprint density at radius 1 is 1.07 bits per heavy atom. The molecule has 1 fully saturated rings. The van der Waals surface area contributed by atoms with Crippen LogP contribution in [0.5, 0.6) is 0 Å². The van der Waals surface area contributed by atoms with Gasteiger partial charge in [-0.2, -0.15) is 0 Å². The first-order valence-corrected chi connectivity index (χ1v) is 9.81. The lowest BCUT2D eigenvalue weighted by molar-refractivity contribution is -0.132. The van der Waals surface area contributed by atoms with E-state index in [1.807, 2.05) is 43.3 Å². The summed E-state index contributed by atoms with van der Waals surface area (Å²) in [6.45, 7) is 5.70. The maximum atomic E-state index is 13.0. The van der Waals surface area contributed by atoms with Gasteiger partial charge in [0.2, 0.25) is 0 Å². The lowest BCUT2D eigenvalue weighted by Gasteiger charge is -2.23. The molecule has 1 amide bonds. The molecule has 1 atom stereocenters. The quantitative estimate of drug-likeness (QED) is 0.395. The number of nitrogens with zero attached hydrogens (tertiary/aromatic N) is 2. The number of carbonyl (C=O) groups is 2. The van der Waals surface area contributed by atoms with Gasteiger partial charge in [-0.25, -0.2) is 0 Å². The molecule has 30 heavy (non-hydrogen) atoms. The minimum absolute atomic E-state index is 0.0359. The average molecular weight is 402 g/mol. The average Bonchev–Trinajstić information content (AvgIpc) is 3.29. The molecule has 1 N–H and O–H groups in total. The van der Waals surface area contributed by atoms with E-state index in [1.54, 1.807) is 25.1 Å². The highest BCUT2D eigenvalue weighted by atomic mass is 16.5. The highest BCUT2D eigenvalue weighted by Gasteiger charge is 2.48. The van der Waals surface area contributed by atoms with Gasteiger partial charge in [0.25, 0.3) is 5.78 Å². The topological polar surface area (TPSA) is 83.6 Å². The number of aliphatic hydroxyl groups is 1.